The number of fused-ring (bicyclic) bond motifs is 1. The Balaban J connectivity index is 2.46. The Bertz CT molecular complexity index is 987. The third-order valence-electron chi connectivity index (χ3n) is 3.25. The maximum atomic E-state index is 12.6. The van der Waals surface area contributed by atoms with Crippen LogP contribution in [-0.4, -0.2) is 14.5 Å². The fraction of sp³-hybridized carbons (Fsp3) is 0. The smallest absolute Gasteiger partial charge is 0.260 e. The molecule has 0 atom stereocenters. The Labute approximate surface area is 141 Å². The van der Waals surface area contributed by atoms with Crippen LogP contribution in [-0.2, 0) is 0 Å². The fourth-order valence-electron chi connectivity index (χ4n) is 2.31. The molecule has 0 radical (unpaired) electrons. The molecule has 2 heterocycles. The van der Waals surface area contributed by atoms with Crippen LogP contribution in [0.5, 0.6) is 0 Å². The predicted molar refractivity (Wildman–Crippen MR) is 96.8 cm³/mol. The van der Waals surface area contributed by atoms with E-state index in [2.05, 4.69) is 23.1 Å². The molecule has 0 saturated carbocycles. The number of hydrogen-bond donors (Lipinski definition) is 0. The Kier molecular flexibility index (Phi) is 4.23. The van der Waals surface area contributed by atoms with E-state index < -0.39 is 5.69 Å². The zero-order chi connectivity index (χ0) is 16.4. The van der Waals surface area contributed by atoms with Gasteiger partial charge in [-0.15, -0.1) is 11.3 Å². The van der Waals surface area contributed by atoms with Crippen LogP contribution in [0.1, 0.15) is 0 Å². The first-order valence-electron chi connectivity index (χ1n) is 6.73. The van der Waals surface area contributed by atoms with Gasteiger partial charge in [-0.1, -0.05) is 30.8 Å². The fourth-order valence-corrected chi connectivity index (χ4v) is 3.11. The topological polar surface area (TPSA) is 47.8 Å². The predicted octanol–water partition coefficient (Wildman–Crippen LogP) is 4.39. The monoisotopic (exact) mass is 341 g/mol. The van der Waals surface area contributed by atoms with Gasteiger partial charge in [0.2, 0.25) is 0 Å². The highest BCUT2D eigenvalue weighted by Crippen LogP contribution is 2.29. The molecule has 3 rings (SSSR count). The normalized spacial score (nSPS) is 11.6. The van der Waals surface area contributed by atoms with E-state index in [1.54, 1.807) is 36.6 Å². The molecule has 0 aliphatic rings. The molecule has 0 amide bonds. The van der Waals surface area contributed by atoms with Crippen molar-refractivity contribution >= 4 is 39.5 Å². The van der Waals surface area contributed by atoms with Crippen molar-refractivity contribution in [2.24, 2.45) is 0 Å². The van der Waals surface area contributed by atoms with Gasteiger partial charge < -0.3 is 0 Å². The van der Waals surface area contributed by atoms with E-state index in [9.17, 15) is 4.79 Å². The summed E-state index contributed by atoms with van der Waals surface area (Å²) < 4.78 is 1.47. The molecule has 3 aromatic rings. The number of rotatable bonds is 4. The molecule has 0 fully saturated rings. The van der Waals surface area contributed by atoms with Crippen molar-refractivity contribution in [2.45, 2.75) is 0 Å². The maximum absolute atomic E-state index is 12.6. The molecule has 6 heteroatoms. The summed E-state index contributed by atoms with van der Waals surface area (Å²) in [7, 11) is 0. The molecule has 0 aliphatic heterocycles. The molecule has 0 aliphatic carbocycles. The van der Waals surface area contributed by atoms with Crippen LogP contribution >= 0.6 is 22.9 Å². The lowest BCUT2D eigenvalue weighted by atomic mass is 10.1. The van der Waals surface area contributed by atoms with Gasteiger partial charge in [0.25, 0.3) is 0 Å². The number of nitrogens with zero attached hydrogens (tertiary/aromatic N) is 3. The van der Waals surface area contributed by atoms with E-state index in [-0.39, 0.29) is 0 Å². The van der Waals surface area contributed by atoms with Crippen LogP contribution in [0.25, 0.3) is 27.3 Å². The van der Waals surface area contributed by atoms with Crippen LogP contribution in [0.4, 0.5) is 0 Å². The minimum absolute atomic E-state index is 0.419. The summed E-state index contributed by atoms with van der Waals surface area (Å²) in [6, 6.07) is 5.34. The van der Waals surface area contributed by atoms with E-state index in [0.717, 1.165) is 5.39 Å². The molecule has 2 aromatic heterocycles. The second kappa shape index (κ2) is 6.32. The summed E-state index contributed by atoms with van der Waals surface area (Å²) in [4.78, 5) is 21.1. The minimum atomic E-state index is -0.419. The van der Waals surface area contributed by atoms with E-state index in [1.807, 2.05) is 11.4 Å². The second-order valence-electron chi connectivity index (χ2n) is 4.61. The Morgan fingerprint density at radius 1 is 1.35 bits per heavy atom. The van der Waals surface area contributed by atoms with Crippen LogP contribution in [0, 0.1) is 0 Å². The van der Waals surface area contributed by atoms with Crippen LogP contribution in [0.3, 0.4) is 0 Å². The standard InChI is InChI=1S/C17H12ClN3OS/c1-3-5-12(4-2)21-14-10-11(18)6-7-13(14)15(20-17(21)22)16-19-8-9-23-16/h3-10H,1-2H2/b12-5+. The Hall–Kier alpha value is -2.50. The largest absolute Gasteiger partial charge is 0.353 e. The maximum Gasteiger partial charge on any atom is 0.353 e. The summed E-state index contributed by atoms with van der Waals surface area (Å²) >= 11 is 7.56. The number of halogens is 1. The Morgan fingerprint density at radius 2 is 2.17 bits per heavy atom. The number of thiazole rings is 1. The van der Waals surface area contributed by atoms with Crippen molar-refractivity contribution < 1.29 is 0 Å². The van der Waals surface area contributed by atoms with E-state index in [1.165, 1.54) is 15.9 Å². The van der Waals surface area contributed by atoms with Crippen molar-refractivity contribution in [3.8, 4) is 10.7 Å². The second-order valence-corrected chi connectivity index (χ2v) is 5.94. The first-order valence-corrected chi connectivity index (χ1v) is 7.99. The van der Waals surface area contributed by atoms with Crippen LogP contribution in [0.15, 0.2) is 66.0 Å². The van der Waals surface area contributed by atoms with E-state index >= 15 is 0 Å². The third-order valence-corrected chi connectivity index (χ3v) is 4.26. The van der Waals surface area contributed by atoms with Crippen molar-refractivity contribution in [3.63, 3.8) is 0 Å². The summed E-state index contributed by atoms with van der Waals surface area (Å²) in [5.74, 6) is 0. The van der Waals surface area contributed by atoms with Gasteiger partial charge in [0, 0.05) is 22.0 Å². The first kappa shape index (κ1) is 15.4. The summed E-state index contributed by atoms with van der Waals surface area (Å²) in [6.45, 7) is 7.42. The first-order chi connectivity index (χ1) is 11.2. The number of benzene rings is 1. The molecule has 0 unspecified atom stereocenters. The highest BCUT2D eigenvalue weighted by Gasteiger charge is 2.15. The van der Waals surface area contributed by atoms with E-state index in [0.29, 0.717) is 26.9 Å². The van der Waals surface area contributed by atoms with Gasteiger partial charge in [-0.3, -0.25) is 4.57 Å². The lowest BCUT2D eigenvalue weighted by molar-refractivity contribution is 0.990. The highest BCUT2D eigenvalue weighted by atomic mass is 35.5. The van der Waals surface area contributed by atoms with Gasteiger partial charge in [-0.05, 0) is 30.4 Å². The highest BCUT2D eigenvalue weighted by molar-refractivity contribution is 7.13. The van der Waals surface area contributed by atoms with Gasteiger partial charge in [0.1, 0.15) is 10.7 Å². The van der Waals surface area contributed by atoms with Crippen LogP contribution in [0.2, 0.25) is 5.02 Å². The minimum Gasteiger partial charge on any atom is -0.260 e. The molecule has 0 N–H and O–H groups in total. The van der Waals surface area contributed by atoms with Gasteiger partial charge in [0.05, 0.1) is 11.2 Å². The molecule has 0 bridgehead atoms. The Morgan fingerprint density at radius 3 is 2.83 bits per heavy atom. The molecular formula is C17H12ClN3OS. The van der Waals surface area contributed by atoms with Gasteiger partial charge in [0.15, 0.2) is 0 Å². The zero-order valence-corrected chi connectivity index (χ0v) is 13.6. The summed E-state index contributed by atoms with van der Waals surface area (Å²) in [5, 5.41) is 3.86. The van der Waals surface area contributed by atoms with Crippen LogP contribution < -0.4 is 5.69 Å². The molecular weight excluding hydrogens is 330 g/mol. The summed E-state index contributed by atoms with van der Waals surface area (Å²) in [5.41, 5.74) is 1.36. The molecule has 4 nitrogen and oxygen atoms in total. The SMILES string of the molecule is C=C/C=C(\C=C)n1c(=O)nc(-c2nccs2)c2ccc(Cl)cc21. The van der Waals surface area contributed by atoms with Gasteiger partial charge in [-0.2, -0.15) is 4.98 Å². The van der Waals surface area contributed by atoms with Crippen molar-refractivity contribution in [2.75, 3.05) is 0 Å². The molecule has 0 saturated heterocycles. The molecule has 114 valence electrons. The molecule has 0 spiro atoms. The molecule has 23 heavy (non-hydrogen) atoms. The van der Waals surface area contributed by atoms with Crippen molar-refractivity contribution in [1.82, 2.24) is 14.5 Å². The lowest BCUT2D eigenvalue weighted by Crippen LogP contribution is -2.23. The van der Waals surface area contributed by atoms with E-state index in [4.69, 9.17) is 11.6 Å². The summed E-state index contributed by atoms with van der Waals surface area (Å²) in [6.07, 6.45) is 6.55. The lowest BCUT2D eigenvalue weighted by Gasteiger charge is -2.12. The molecule has 1 aromatic carbocycles. The zero-order valence-electron chi connectivity index (χ0n) is 12.1. The number of aromatic nitrogens is 3. The number of allylic oxidation sites excluding steroid dienone is 4. The average Bonchev–Trinajstić information content (AvgIpc) is 3.06. The average molecular weight is 342 g/mol. The van der Waals surface area contributed by atoms with Gasteiger partial charge >= 0.3 is 5.69 Å². The number of hydrogen-bond acceptors (Lipinski definition) is 4. The van der Waals surface area contributed by atoms with Gasteiger partial charge in [-0.25, -0.2) is 9.78 Å². The van der Waals surface area contributed by atoms with Crippen molar-refractivity contribution in [1.29, 1.82) is 0 Å². The quantitative estimate of drug-likeness (QED) is 0.661. The van der Waals surface area contributed by atoms with Crippen molar-refractivity contribution in [3.05, 3.63) is 76.7 Å². The third kappa shape index (κ3) is 2.76.